The first-order valence-electron chi connectivity index (χ1n) is 8.22. The van der Waals surface area contributed by atoms with Crippen LogP contribution in [0.1, 0.15) is 37.6 Å². The number of hydrogen-bond donors (Lipinski definition) is 1. The van der Waals surface area contributed by atoms with Crippen LogP contribution < -0.4 is 14.8 Å². The summed E-state index contributed by atoms with van der Waals surface area (Å²) in [5, 5.41) is 11.5. The van der Waals surface area contributed by atoms with Crippen molar-refractivity contribution in [2.45, 2.75) is 31.5 Å². The zero-order valence-electron chi connectivity index (χ0n) is 15.2. The van der Waals surface area contributed by atoms with Crippen molar-refractivity contribution in [1.82, 2.24) is 10.2 Å². The van der Waals surface area contributed by atoms with E-state index >= 15 is 0 Å². The number of thioether (sulfide) groups is 1. The highest BCUT2D eigenvalue weighted by atomic mass is 35.5. The molecule has 9 heteroatoms. The molecule has 0 unspecified atom stereocenters. The smallest absolute Gasteiger partial charge is 0.257 e. The van der Waals surface area contributed by atoms with E-state index in [0.29, 0.717) is 39.7 Å². The first-order valence-corrected chi connectivity index (χ1v) is 10.4. The fourth-order valence-electron chi connectivity index (χ4n) is 2.00. The van der Waals surface area contributed by atoms with E-state index in [4.69, 9.17) is 21.1 Å². The quantitative estimate of drug-likeness (QED) is 0.459. The molecule has 0 spiro atoms. The molecule has 1 amide bonds. The van der Waals surface area contributed by atoms with E-state index in [1.54, 1.807) is 23.9 Å². The largest absolute Gasteiger partial charge is 0.493 e. The molecule has 1 aromatic carbocycles. The van der Waals surface area contributed by atoms with E-state index in [0.717, 1.165) is 16.5 Å². The summed E-state index contributed by atoms with van der Waals surface area (Å²) in [5.41, 5.74) is 0.364. The van der Waals surface area contributed by atoms with Gasteiger partial charge in [0.15, 0.2) is 15.8 Å². The first kappa shape index (κ1) is 20.8. The zero-order chi connectivity index (χ0) is 19.1. The number of rotatable bonds is 9. The monoisotopic (exact) mass is 415 g/mol. The van der Waals surface area contributed by atoms with Crippen LogP contribution in [0.3, 0.4) is 0 Å². The molecule has 1 N–H and O–H groups in total. The van der Waals surface area contributed by atoms with Gasteiger partial charge in [-0.05, 0) is 30.2 Å². The van der Waals surface area contributed by atoms with Gasteiger partial charge in [-0.1, -0.05) is 55.5 Å². The zero-order valence-corrected chi connectivity index (χ0v) is 17.6. The maximum atomic E-state index is 12.5. The molecule has 2 aromatic rings. The van der Waals surface area contributed by atoms with Crippen molar-refractivity contribution >= 4 is 45.7 Å². The number of carbonyl (C=O) groups excluding carboxylic acids is 1. The van der Waals surface area contributed by atoms with Gasteiger partial charge in [0, 0.05) is 5.56 Å². The van der Waals surface area contributed by atoms with Crippen molar-refractivity contribution in [1.29, 1.82) is 0 Å². The van der Waals surface area contributed by atoms with Gasteiger partial charge < -0.3 is 9.47 Å². The Morgan fingerprint density at radius 2 is 2.15 bits per heavy atom. The second-order valence-corrected chi connectivity index (χ2v) is 8.68. The van der Waals surface area contributed by atoms with E-state index in [2.05, 4.69) is 29.4 Å². The number of halogens is 1. The summed E-state index contributed by atoms with van der Waals surface area (Å²) in [6.45, 7) is 6.80. The summed E-state index contributed by atoms with van der Waals surface area (Å²) in [5.74, 6) is 1.96. The van der Waals surface area contributed by atoms with Crippen LogP contribution in [0.25, 0.3) is 0 Å². The summed E-state index contributed by atoms with van der Waals surface area (Å²) in [4.78, 5) is 12.5. The third-order valence-corrected chi connectivity index (χ3v) is 5.46. The normalized spacial score (nSPS) is 10.8. The van der Waals surface area contributed by atoms with E-state index in [-0.39, 0.29) is 5.91 Å². The molecule has 26 heavy (non-hydrogen) atoms. The Morgan fingerprint density at radius 1 is 1.38 bits per heavy atom. The Hall–Kier alpha value is -1.51. The second-order valence-electron chi connectivity index (χ2n) is 5.78. The van der Waals surface area contributed by atoms with Crippen LogP contribution in [0.15, 0.2) is 16.5 Å². The number of anilines is 1. The lowest BCUT2D eigenvalue weighted by Crippen LogP contribution is -2.12. The van der Waals surface area contributed by atoms with Crippen LogP contribution in [-0.4, -0.2) is 35.6 Å². The Morgan fingerprint density at radius 3 is 2.81 bits per heavy atom. The van der Waals surface area contributed by atoms with E-state index < -0.39 is 0 Å². The lowest BCUT2D eigenvalue weighted by atomic mass is 10.1. The second kappa shape index (κ2) is 9.99. The van der Waals surface area contributed by atoms with Gasteiger partial charge in [0.25, 0.3) is 5.91 Å². The topological polar surface area (TPSA) is 73.3 Å². The van der Waals surface area contributed by atoms with Crippen molar-refractivity contribution in [2.24, 2.45) is 5.92 Å². The first-order chi connectivity index (χ1) is 12.4. The van der Waals surface area contributed by atoms with Gasteiger partial charge in [0.1, 0.15) is 0 Å². The molecule has 6 nitrogen and oxygen atoms in total. The standard InChI is InChI=1S/C17H22ClN3O3S2/c1-5-25-17-21-20-16(26-17)19-15(22)11-8-12(18)14(13(9-11)23-4)24-7-6-10(2)3/h8-10H,5-7H2,1-4H3,(H,19,20,22). The molecule has 0 aliphatic rings. The summed E-state index contributed by atoms with van der Waals surface area (Å²) < 4.78 is 11.9. The SMILES string of the molecule is CCSc1nnc(NC(=O)c2cc(Cl)c(OCCC(C)C)c(OC)c2)s1. The molecule has 0 bridgehead atoms. The number of benzene rings is 1. The predicted molar refractivity (Wildman–Crippen MR) is 107 cm³/mol. The van der Waals surface area contributed by atoms with Crippen LogP contribution in [0.5, 0.6) is 11.5 Å². The average Bonchev–Trinajstić information content (AvgIpc) is 3.03. The third kappa shape index (κ3) is 5.75. The van der Waals surface area contributed by atoms with Gasteiger partial charge in [0.05, 0.1) is 18.7 Å². The molecule has 2 rings (SSSR count). The molecule has 0 saturated heterocycles. The molecule has 142 valence electrons. The van der Waals surface area contributed by atoms with Crippen molar-refractivity contribution in [3.8, 4) is 11.5 Å². The predicted octanol–water partition coefficient (Wildman–Crippen LogP) is 4.99. The highest BCUT2D eigenvalue weighted by Gasteiger charge is 2.17. The molecule has 0 saturated carbocycles. The maximum absolute atomic E-state index is 12.5. The molecular formula is C17H22ClN3O3S2. The molecular weight excluding hydrogens is 394 g/mol. The summed E-state index contributed by atoms with van der Waals surface area (Å²) in [6.07, 6.45) is 0.900. The van der Waals surface area contributed by atoms with Crippen molar-refractivity contribution in [2.75, 3.05) is 24.8 Å². The van der Waals surface area contributed by atoms with Crippen molar-refractivity contribution < 1.29 is 14.3 Å². The average molecular weight is 416 g/mol. The minimum atomic E-state index is -0.330. The van der Waals surface area contributed by atoms with E-state index in [1.807, 2.05) is 6.92 Å². The Kier molecular flexibility index (Phi) is 7.99. The van der Waals surface area contributed by atoms with E-state index in [9.17, 15) is 4.79 Å². The minimum Gasteiger partial charge on any atom is -0.493 e. The van der Waals surface area contributed by atoms with Crippen LogP contribution in [0, 0.1) is 5.92 Å². The molecule has 0 aliphatic carbocycles. The lowest BCUT2D eigenvalue weighted by Gasteiger charge is -2.14. The maximum Gasteiger partial charge on any atom is 0.257 e. The Labute approximate surface area is 166 Å². The molecule has 1 aromatic heterocycles. The van der Waals surface area contributed by atoms with Crippen LogP contribution >= 0.6 is 34.7 Å². The van der Waals surface area contributed by atoms with E-state index in [1.165, 1.54) is 18.4 Å². The molecule has 0 fully saturated rings. The number of ether oxygens (including phenoxy) is 2. The molecule has 0 aliphatic heterocycles. The van der Waals surface area contributed by atoms with Gasteiger partial charge in [-0.2, -0.15) is 0 Å². The fraction of sp³-hybridized carbons (Fsp3) is 0.471. The Bertz CT molecular complexity index is 753. The van der Waals surface area contributed by atoms with Crippen LogP contribution in [-0.2, 0) is 0 Å². The third-order valence-electron chi connectivity index (χ3n) is 3.33. The molecule has 0 atom stereocenters. The summed E-state index contributed by atoms with van der Waals surface area (Å²) >= 11 is 9.21. The fourth-order valence-corrected chi connectivity index (χ4v) is 3.91. The lowest BCUT2D eigenvalue weighted by molar-refractivity contribution is 0.102. The van der Waals surface area contributed by atoms with Gasteiger partial charge in [-0.3, -0.25) is 10.1 Å². The van der Waals surface area contributed by atoms with Crippen molar-refractivity contribution in [3.63, 3.8) is 0 Å². The summed E-state index contributed by atoms with van der Waals surface area (Å²) in [7, 11) is 1.52. The highest BCUT2D eigenvalue weighted by molar-refractivity contribution is 8.01. The number of nitrogens with one attached hydrogen (secondary N) is 1. The summed E-state index contributed by atoms with van der Waals surface area (Å²) in [6, 6.07) is 3.17. The number of hydrogen-bond acceptors (Lipinski definition) is 7. The number of methoxy groups -OCH3 is 1. The number of aromatic nitrogens is 2. The highest BCUT2D eigenvalue weighted by Crippen LogP contribution is 2.37. The Balaban J connectivity index is 2.12. The van der Waals surface area contributed by atoms with Crippen LogP contribution in [0.2, 0.25) is 5.02 Å². The van der Waals surface area contributed by atoms with Crippen LogP contribution in [0.4, 0.5) is 5.13 Å². The molecule has 0 radical (unpaired) electrons. The minimum absolute atomic E-state index is 0.330. The number of carbonyl (C=O) groups is 1. The number of nitrogens with zero attached hydrogens (tertiary/aromatic N) is 2. The number of amides is 1. The van der Waals surface area contributed by atoms with Gasteiger partial charge in [-0.25, -0.2) is 0 Å². The van der Waals surface area contributed by atoms with Crippen molar-refractivity contribution in [3.05, 3.63) is 22.7 Å². The molecule has 1 heterocycles. The van der Waals surface area contributed by atoms with Gasteiger partial charge >= 0.3 is 0 Å². The van der Waals surface area contributed by atoms with Gasteiger partial charge in [-0.15, -0.1) is 10.2 Å². The van der Waals surface area contributed by atoms with Gasteiger partial charge in [0.2, 0.25) is 5.13 Å².